The third-order valence-corrected chi connectivity index (χ3v) is 7.01. The van der Waals surface area contributed by atoms with Crippen molar-refractivity contribution >= 4 is 40.1 Å². The van der Waals surface area contributed by atoms with Crippen LogP contribution in [0.15, 0.2) is 64.8 Å². The summed E-state index contributed by atoms with van der Waals surface area (Å²) in [7, 11) is 1.58. The molecule has 4 rings (SSSR count). The minimum Gasteiger partial charge on any atom is -0.495 e. The summed E-state index contributed by atoms with van der Waals surface area (Å²) in [6.07, 6.45) is 1.46. The van der Waals surface area contributed by atoms with E-state index in [4.69, 9.17) is 9.73 Å². The summed E-state index contributed by atoms with van der Waals surface area (Å²) in [5.41, 5.74) is 3.55. The van der Waals surface area contributed by atoms with Gasteiger partial charge in [-0.05, 0) is 49.1 Å². The molecule has 2 N–H and O–H groups in total. The molecule has 35 heavy (non-hydrogen) atoms. The molecule has 0 spiro atoms. The first kappa shape index (κ1) is 24.9. The van der Waals surface area contributed by atoms with Gasteiger partial charge in [0.2, 0.25) is 5.91 Å². The summed E-state index contributed by atoms with van der Waals surface area (Å²) in [6.45, 7) is 6.73. The number of benzene rings is 2. The normalized spacial score (nSPS) is 17.6. The molecule has 0 aliphatic carbocycles. The Morgan fingerprint density at radius 1 is 1.17 bits per heavy atom. The molecule has 1 fully saturated rings. The molecule has 7 nitrogen and oxygen atoms in total. The first-order valence-corrected chi connectivity index (χ1v) is 12.9. The number of rotatable bonds is 7. The molecular weight excluding hydrogens is 460 g/mol. The van der Waals surface area contributed by atoms with Crippen molar-refractivity contribution in [3.8, 4) is 5.75 Å². The van der Waals surface area contributed by atoms with E-state index in [9.17, 15) is 9.59 Å². The maximum Gasteiger partial charge on any atom is 0.255 e. The van der Waals surface area contributed by atoms with Gasteiger partial charge in [-0.1, -0.05) is 49.9 Å². The van der Waals surface area contributed by atoms with Crippen LogP contribution in [-0.4, -0.2) is 41.3 Å². The number of anilines is 2. The fourth-order valence-corrected chi connectivity index (χ4v) is 5.43. The number of nitrogens with one attached hydrogen (secondary N) is 2. The number of hydrogen-bond donors (Lipinski definition) is 2. The molecular formula is C27H32N4O3S. The lowest BCUT2D eigenvalue weighted by Gasteiger charge is -2.41. The number of thioether (sulfide) groups is 1. The number of hydrogen-bond acceptors (Lipinski definition) is 6. The minimum atomic E-state index is -0.313. The second-order valence-electron chi connectivity index (χ2n) is 9.12. The quantitative estimate of drug-likeness (QED) is 0.538. The molecule has 2 aromatic rings. The third-order valence-electron chi connectivity index (χ3n) is 5.94. The molecule has 1 atom stereocenters. The van der Waals surface area contributed by atoms with E-state index in [2.05, 4.69) is 15.5 Å². The number of aliphatic imine (C=N–C) groups is 1. The van der Waals surface area contributed by atoms with E-state index in [1.165, 1.54) is 0 Å². The van der Waals surface area contributed by atoms with Crippen molar-refractivity contribution in [1.29, 1.82) is 0 Å². The number of para-hydroxylation sites is 2. The van der Waals surface area contributed by atoms with Gasteiger partial charge in [-0.2, -0.15) is 0 Å². The molecule has 8 heteroatoms. The second kappa shape index (κ2) is 11.0. The number of ether oxygens (including phenoxy) is 1. The van der Waals surface area contributed by atoms with Crippen LogP contribution in [0.1, 0.15) is 45.2 Å². The standard InChI is InChI=1S/C27H32N4O3S/c1-17(2)15-23(32)29-20-10-7-9-19(16-20)25-24(18(3)28-27-31(25)13-8-14-35-27)26(33)30-21-11-5-6-12-22(21)34-4/h5-7,9-12,16-17,25H,8,13-15H2,1-4H3,(H,29,32)(H,30,33). The fourth-order valence-electron chi connectivity index (χ4n) is 4.41. The molecule has 1 saturated heterocycles. The summed E-state index contributed by atoms with van der Waals surface area (Å²) in [4.78, 5) is 33.1. The van der Waals surface area contributed by atoms with Gasteiger partial charge in [-0.25, -0.2) is 4.99 Å². The Morgan fingerprint density at radius 3 is 2.74 bits per heavy atom. The van der Waals surface area contributed by atoms with Crippen molar-refractivity contribution in [2.75, 3.05) is 30.0 Å². The van der Waals surface area contributed by atoms with E-state index in [0.29, 0.717) is 29.1 Å². The minimum absolute atomic E-state index is 0.0163. The highest BCUT2D eigenvalue weighted by molar-refractivity contribution is 8.13. The van der Waals surface area contributed by atoms with Gasteiger partial charge in [0, 0.05) is 24.4 Å². The summed E-state index contributed by atoms with van der Waals surface area (Å²) in [6, 6.07) is 14.8. The Labute approximate surface area is 211 Å². The first-order valence-electron chi connectivity index (χ1n) is 11.9. The zero-order chi connectivity index (χ0) is 24.9. The molecule has 0 bridgehead atoms. The number of fused-ring (bicyclic) bond motifs is 1. The predicted molar refractivity (Wildman–Crippen MR) is 143 cm³/mol. The topological polar surface area (TPSA) is 83.0 Å². The summed E-state index contributed by atoms with van der Waals surface area (Å²) in [5.74, 6) is 1.64. The van der Waals surface area contributed by atoms with E-state index >= 15 is 0 Å². The Morgan fingerprint density at radius 2 is 1.97 bits per heavy atom. The van der Waals surface area contributed by atoms with Crippen LogP contribution in [0.25, 0.3) is 0 Å². The second-order valence-corrected chi connectivity index (χ2v) is 10.2. The van der Waals surface area contributed by atoms with Crippen molar-refractivity contribution in [3.63, 3.8) is 0 Å². The van der Waals surface area contributed by atoms with Crippen LogP contribution < -0.4 is 15.4 Å². The Bertz CT molecular complexity index is 1170. The highest BCUT2D eigenvalue weighted by atomic mass is 32.2. The molecule has 2 heterocycles. The molecule has 184 valence electrons. The summed E-state index contributed by atoms with van der Waals surface area (Å²) >= 11 is 1.72. The van der Waals surface area contributed by atoms with Gasteiger partial charge in [0.25, 0.3) is 5.91 Å². The van der Waals surface area contributed by atoms with Crippen LogP contribution >= 0.6 is 11.8 Å². The van der Waals surface area contributed by atoms with E-state index in [1.54, 1.807) is 18.9 Å². The zero-order valence-corrected chi connectivity index (χ0v) is 21.4. The smallest absolute Gasteiger partial charge is 0.255 e. The molecule has 2 aliphatic rings. The van der Waals surface area contributed by atoms with Gasteiger partial charge in [-0.3, -0.25) is 9.59 Å². The van der Waals surface area contributed by atoms with Crippen LogP contribution in [0, 0.1) is 5.92 Å². The van der Waals surface area contributed by atoms with E-state index in [1.807, 2.05) is 69.3 Å². The van der Waals surface area contributed by atoms with Crippen molar-refractivity contribution in [2.24, 2.45) is 10.9 Å². The van der Waals surface area contributed by atoms with Gasteiger partial charge in [0.1, 0.15) is 5.75 Å². The van der Waals surface area contributed by atoms with Crippen LogP contribution in [-0.2, 0) is 9.59 Å². The number of amides is 2. The highest BCUT2D eigenvalue weighted by Gasteiger charge is 2.37. The SMILES string of the molecule is COc1ccccc1NC(=O)C1=C(C)N=C2SCCCN2C1c1cccc(NC(=O)CC(C)C)c1. The maximum atomic E-state index is 13.7. The van der Waals surface area contributed by atoms with Gasteiger partial charge in [-0.15, -0.1) is 0 Å². The number of nitrogens with zero attached hydrogens (tertiary/aromatic N) is 2. The lowest BCUT2D eigenvalue weighted by molar-refractivity contribution is -0.117. The maximum absolute atomic E-state index is 13.7. The number of carbonyl (C=O) groups excluding carboxylic acids is 2. The Kier molecular flexibility index (Phi) is 7.80. The van der Waals surface area contributed by atoms with Crippen molar-refractivity contribution < 1.29 is 14.3 Å². The lowest BCUT2D eigenvalue weighted by Crippen LogP contribution is -2.43. The van der Waals surface area contributed by atoms with Gasteiger partial charge >= 0.3 is 0 Å². The van der Waals surface area contributed by atoms with E-state index < -0.39 is 0 Å². The van der Waals surface area contributed by atoms with Crippen molar-refractivity contribution in [2.45, 2.75) is 39.7 Å². The molecule has 2 aromatic carbocycles. The Hall–Kier alpha value is -3.26. The van der Waals surface area contributed by atoms with Gasteiger partial charge in [0.05, 0.1) is 30.1 Å². The van der Waals surface area contributed by atoms with Crippen LogP contribution in [0.5, 0.6) is 5.75 Å². The van der Waals surface area contributed by atoms with Crippen molar-refractivity contribution in [3.05, 3.63) is 65.4 Å². The third kappa shape index (κ3) is 5.70. The van der Waals surface area contributed by atoms with E-state index in [-0.39, 0.29) is 23.8 Å². The number of amidine groups is 1. The number of methoxy groups -OCH3 is 1. The van der Waals surface area contributed by atoms with Crippen LogP contribution in [0.2, 0.25) is 0 Å². The van der Waals surface area contributed by atoms with Crippen molar-refractivity contribution in [1.82, 2.24) is 4.90 Å². The fraction of sp³-hybridized carbons (Fsp3) is 0.370. The predicted octanol–water partition coefficient (Wildman–Crippen LogP) is 5.44. The molecule has 1 unspecified atom stereocenters. The summed E-state index contributed by atoms with van der Waals surface area (Å²) < 4.78 is 5.43. The number of allylic oxidation sites excluding steroid dienone is 1. The Balaban J connectivity index is 1.70. The molecule has 0 aromatic heterocycles. The lowest BCUT2D eigenvalue weighted by atomic mass is 9.93. The zero-order valence-electron chi connectivity index (χ0n) is 20.6. The van der Waals surface area contributed by atoms with E-state index in [0.717, 1.165) is 35.1 Å². The molecule has 0 saturated carbocycles. The monoisotopic (exact) mass is 492 g/mol. The molecule has 2 amide bonds. The largest absolute Gasteiger partial charge is 0.495 e. The molecule has 2 aliphatic heterocycles. The molecule has 0 radical (unpaired) electrons. The summed E-state index contributed by atoms with van der Waals surface area (Å²) in [5, 5.41) is 6.97. The average Bonchev–Trinajstić information content (AvgIpc) is 2.83. The van der Waals surface area contributed by atoms with Crippen LogP contribution in [0.3, 0.4) is 0 Å². The average molecular weight is 493 g/mol. The van der Waals surface area contributed by atoms with Crippen LogP contribution in [0.4, 0.5) is 11.4 Å². The van der Waals surface area contributed by atoms with Gasteiger partial charge in [0.15, 0.2) is 5.17 Å². The van der Waals surface area contributed by atoms with Gasteiger partial charge < -0.3 is 20.3 Å². The highest BCUT2D eigenvalue weighted by Crippen LogP contribution is 2.40. The number of carbonyl (C=O) groups is 2. The first-order chi connectivity index (χ1) is 16.9.